The van der Waals surface area contributed by atoms with Crippen LogP contribution in [0.3, 0.4) is 0 Å². The quantitative estimate of drug-likeness (QED) is 0.403. The van der Waals surface area contributed by atoms with Crippen LogP contribution in [0.4, 0.5) is 0 Å². The Morgan fingerprint density at radius 2 is 1.23 bits per heavy atom. The minimum atomic E-state index is -1.04. The molecule has 0 saturated heterocycles. The average molecular weight is 233 g/mol. The molecule has 0 fully saturated rings. The number of rotatable bonds is 5. The number of thiol groups is 2. The van der Waals surface area contributed by atoms with Gasteiger partial charge in [0.15, 0.2) is 0 Å². The van der Waals surface area contributed by atoms with Crippen molar-refractivity contribution in [3.63, 3.8) is 0 Å². The van der Waals surface area contributed by atoms with Crippen molar-refractivity contribution in [3.05, 3.63) is 0 Å². The first-order valence-corrected chi connectivity index (χ1v) is 4.30. The SMILES string of the molecule is O=C(O)C(S)CCC(S)C(=O)O.[Na]. The topological polar surface area (TPSA) is 74.6 Å². The van der Waals surface area contributed by atoms with Crippen LogP contribution in [-0.4, -0.2) is 62.2 Å². The molecule has 71 valence electrons. The molecule has 0 amide bonds. The van der Waals surface area contributed by atoms with Crippen LogP contribution in [0.1, 0.15) is 12.8 Å². The van der Waals surface area contributed by atoms with Gasteiger partial charge in [-0.2, -0.15) is 25.3 Å². The van der Waals surface area contributed by atoms with E-state index in [0.717, 1.165) is 0 Å². The van der Waals surface area contributed by atoms with Gasteiger partial charge in [0.1, 0.15) is 0 Å². The van der Waals surface area contributed by atoms with Gasteiger partial charge in [-0.3, -0.25) is 9.59 Å². The summed E-state index contributed by atoms with van der Waals surface area (Å²) in [5.41, 5.74) is 0. The summed E-state index contributed by atoms with van der Waals surface area (Å²) in [4.78, 5) is 20.5. The molecule has 2 atom stereocenters. The van der Waals surface area contributed by atoms with Gasteiger partial charge in [0.25, 0.3) is 0 Å². The predicted octanol–water partition coefficient (Wildman–Crippen LogP) is 0.152. The summed E-state index contributed by atoms with van der Waals surface area (Å²) in [6, 6.07) is 0. The second kappa shape index (κ2) is 7.99. The van der Waals surface area contributed by atoms with E-state index in [1.807, 2.05) is 0 Å². The third-order valence-electron chi connectivity index (χ3n) is 1.28. The molecule has 0 heterocycles. The van der Waals surface area contributed by atoms with Gasteiger partial charge in [0.05, 0.1) is 10.5 Å². The van der Waals surface area contributed by atoms with E-state index in [1.165, 1.54) is 0 Å². The van der Waals surface area contributed by atoms with Crippen LogP contribution in [0, 0.1) is 0 Å². The summed E-state index contributed by atoms with van der Waals surface area (Å²) in [5.74, 6) is -2.08. The van der Waals surface area contributed by atoms with Gasteiger partial charge < -0.3 is 10.2 Å². The Morgan fingerprint density at radius 1 is 1.00 bits per heavy atom. The molecule has 2 unspecified atom stereocenters. The Hall–Kier alpha value is 0.640. The summed E-state index contributed by atoms with van der Waals surface area (Å²) in [6.45, 7) is 0. The predicted molar refractivity (Wildman–Crippen MR) is 55.8 cm³/mol. The molecule has 1 radical (unpaired) electrons. The first kappa shape index (κ1) is 16.1. The van der Waals surface area contributed by atoms with Crippen molar-refractivity contribution in [1.82, 2.24) is 0 Å². The van der Waals surface area contributed by atoms with E-state index < -0.39 is 22.4 Å². The Balaban J connectivity index is 0. The van der Waals surface area contributed by atoms with E-state index >= 15 is 0 Å². The molecule has 7 heteroatoms. The third kappa shape index (κ3) is 7.69. The van der Waals surface area contributed by atoms with E-state index in [0.29, 0.717) is 0 Å². The summed E-state index contributed by atoms with van der Waals surface area (Å²) in [5, 5.41) is 15.2. The number of carboxylic acid groups (broad SMARTS) is 2. The van der Waals surface area contributed by atoms with Gasteiger partial charge in [0.2, 0.25) is 0 Å². The maximum Gasteiger partial charge on any atom is 0.316 e. The maximum absolute atomic E-state index is 10.2. The molecule has 0 aromatic heterocycles. The van der Waals surface area contributed by atoms with E-state index in [4.69, 9.17) is 10.2 Å². The fourth-order valence-electron chi connectivity index (χ4n) is 0.563. The van der Waals surface area contributed by atoms with E-state index in [1.54, 1.807) is 0 Å². The van der Waals surface area contributed by atoms with Crippen LogP contribution in [0.15, 0.2) is 0 Å². The molecule has 0 spiro atoms. The summed E-state index contributed by atoms with van der Waals surface area (Å²) in [6.07, 6.45) is 0.415. The molecule has 0 saturated carbocycles. The van der Waals surface area contributed by atoms with Crippen molar-refractivity contribution in [3.8, 4) is 0 Å². The zero-order chi connectivity index (χ0) is 9.72. The molecule has 13 heavy (non-hydrogen) atoms. The Kier molecular flexibility index (Phi) is 9.89. The van der Waals surface area contributed by atoms with Crippen molar-refractivity contribution in [1.29, 1.82) is 0 Å². The van der Waals surface area contributed by atoms with Gasteiger partial charge in [-0.25, -0.2) is 0 Å². The largest absolute Gasteiger partial charge is 0.480 e. The van der Waals surface area contributed by atoms with Crippen LogP contribution in [0.2, 0.25) is 0 Å². The van der Waals surface area contributed by atoms with Crippen LogP contribution >= 0.6 is 25.3 Å². The first-order chi connectivity index (χ1) is 5.45. The molecular weight excluding hydrogens is 223 g/mol. The molecular formula is C6H10NaO4S2. The van der Waals surface area contributed by atoms with E-state index in [2.05, 4.69) is 25.3 Å². The number of carboxylic acids is 2. The minimum absolute atomic E-state index is 0. The zero-order valence-corrected chi connectivity index (χ0v) is 11.0. The van der Waals surface area contributed by atoms with Crippen LogP contribution in [-0.2, 0) is 9.59 Å². The van der Waals surface area contributed by atoms with Crippen LogP contribution in [0.25, 0.3) is 0 Å². The van der Waals surface area contributed by atoms with Crippen molar-refractivity contribution in [2.75, 3.05) is 0 Å². The van der Waals surface area contributed by atoms with Gasteiger partial charge in [0, 0.05) is 29.6 Å². The molecule has 0 aliphatic rings. The van der Waals surface area contributed by atoms with Crippen molar-refractivity contribution in [2.24, 2.45) is 0 Å². The second-order valence-electron chi connectivity index (χ2n) is 2.29. The normalized spacial score (nSPS) is 14.0. The second-order valence-corrected chi connectivity index (χ2v) is 3.53. The molecule has 0 aromatic rings. The first-order valence-electron chi connectivity index (χ1n) is 3.27. The zero-order valence-electron chi connectivity index (χ0n) is 7.17. The summed E-state index contributed by atoms with van der Waals surface area (Å²) >= 11 is 7.48. The molecule has 0 aliphatic heterocycles. The van der Waals surface area contributed by atoms with E-state index in [-0.39, 0.29) is 42.4 Å². The maximum atomic E-state index is 10.2. The Bertz CT molecular complexity index is 167. The molecule has 0 rings (SSSR count). The molecule has 0 bridgehead atoms. The molecule has 0 aliphatic carbocycles. The number of hydrogen-bond donors (Lipinski definition) is 4. The Morgan fingerprint density at radius 3 is 1.38 bits per heavy atom. The number of aliphatic carboxylic acids is 2. The molecule has 0 aromatic carbocycles. The fourth-order valence-corrected chi connectivity index (χ4v) is 0.861. The van der Waals surface area contributed by atoms with Crippen molar-refractivity contribution < 1.29 is 19.8 Å². The molecule has 4 nitrogen and oxygen atoms in total. The fraction of sp³-hybridized carbons (Fsp3) is 0.667. The van der Waals surface area contributed by atoms with E-state index in [9.17, 15) is 9.59 Å². The Labute approximate surface area is 109 Å². The van der Waals surface area contributed by atoms with Gasteiger partial charge in [-0.15, -0.1) is 0 Å². The number of hydrogen-bond acceptors (Lipinski definition) is 4. The monoisotopic (exact) mass is 233 g/mol. The third-order valence-corrected chi connectivity index (χ3v) is 2.24. The standard InChI is InChI=1S/C6H10O4S2.Na/c7-5(8)3(11)1-2-4(12)6(9)10;/h3-4,11-12H,1-2H2,(H,7,8)(H,9,10);. The minimum Gasteiger partial charge on any atom is -0.480 e. The van der Waals surface area contributed by atoms with Crippen molar-refractivity contribution >= 4 is 66.8 Å². The van der Waals surface area contributed by atoms with Gasteiger partial charge in [-0.1, -0.05) is 0 Å². The van der Waals surface area contributed by atoms with Crippen LogP contribution < -0.4 is 0 Å². The number of carbonyl (C=O) groups is 2. The summed E-state index contributed by atoms with van der Waals surface area (Å²) in [7, 11) is 0. The summed E-state index contributed by atoms with van der Waals surface area (Å²) < 4.78 is 0. The van der Waals surface area contributed by atoms with Gasteiger partial charge in [-0.05, 0) is 12.8 Å². The van der Waals surface area contributed by atoms with Gasteiger partial charge >= 0.3 is 11.9 Å². The van der Waals surface area contributed by atoms with Crippen molar-refractivity contribution in [2.45, 2.75) is 23.3 Å². The molecule has 2 N–H and O–H groups in total. The smallest absolute Gasteiger partial charge is 0.316 e. The van der Waals surface area contributed by atoms with Crippen LogP contribution in [0.5, 0.6) is 0 Å². The average Bonchev–Trinajstić information content (AvgIpc) is 1.98.